The summed E-state index contributed by atoms with van der Waals surface area (Å²) < 4.78 is 71.7. The average Bonchev–Trinajstić information content (AvgIpc) is 3.81. The van der Waals surface area contributed by atoms with Gasteiger partial charge in [-0.15, -0.1) is 0 Å². The van der Waals surface area contributed by atoms with E-state index in [1.54, 1.807) is 12.1 Å². The lowest BCUT2D eigenvalue weighted by Gasteiger charge is -2.12. The first kappa shape index (κ1) is 41.7. The third kappa shape index (κ3) is 10.8. The number of sulfonamides is 2. The molecule has 0 amide bonds. The molecule has 20 nitrogen and oxygen atoms in total. The van der Waals surface area contributed by atoms with Gasteiger partial charge in [-0.3, -0.25) is 19.8 Å². The number of hydrogen-bond donors (Lipinski definition) is 3. The van der Waals surface area contributed by atoms with Gasteiger partial charge in [0.25, 0.3) is 0 Å². The minimum Gasteiger partial charge on any atom is -0.412 e. The van der Waals surface area contributed by atoms with Crippen LogP contribution in [0.25, 0.3) is 22.1 Å². The Hall–Kier alpha value is -5.06. The van der Waals surface area contributed by atoms with E-state index in [1.165, 1.54) is 40.3 Å². The summed E-state index contributed by atoms with van der Waals surface area (Å²) in [5, 5.41) is 29.3. The van der Waals surface area contributed by atoms with E-state index in [4.69, 9.17) is 24.1 Å². The maximum absolute atomic E-state index is 12.5. The summed E-state index contributed by atoms with van der Waals surface area (Å²) in [6, 6.07) is 6.03. The molecule has 0 saturated carbocycles. The third-order valence-corrected chi connectivity index (χ3v) is 11.7. The molecule has 2 aromatic carbocycles. The number of nitrogens with zero attached hydrogens (tertiary/aromatic N) is 6. The molecule has 0 fully saturated rings. The standard InChI is InChI=1S/C32H43N9O11S2/c1-40(2)53(45,46)23-15-13-21(29-31(23)38-51-36-29)34-19-9-5-7-11-26(42)49-25(33)17-18-28(44)50-27(43)12-8-6-10-20-35-22-14-16-24(54(47,48)41(3)4)32-30(22)37-52-39-32/h13-16,33-35H,5-12,17-20H2,1-4H3. The third-order valence-electron chi connectivity index (χ3n) is 8.04. The van der Waals surface area contributed by atoms with Crippen molar-refractivity contribution in [1.29, 1.82) is 5.41 Å². The molecule has 2 aromatic heterocycles. The zero-order valence-corrected chi connectivity index (χ0v) is 31.9. The highest BCUT2D eigenvalue weighted by atomic mass is 32.2. The second-order valence-electron chi connectivity index (χ2n) is 12.4. The van der Waals surface area contributed by atoms with Gasteiger partial charge in [-0.05, 0) is 70.6 Å². The largest absolute Gasteiger partial charge is 0.412 e. The summed E-state index contributed by atoms with van der Waals surface area (Å²) >= 11 is 0. The zero-order valence-electron chi connectivity index (χ0n) is 30.3. The van der Waals surface area contributed by atoms with Crippen LogP contribution in [0.3, 0.4) is 0 Å². The summed E-state index contributed by atoms with van der Waals surface area (Å²) in [5.41, 5.74) is 1.89. The van der Waals surface area contributed by atoms with E-state index in [0.717, 1.165) is 8.61 Å². The van der Waals surface area contributed by atoms with E-state index < -0.39 is 43.9 Å². The molecule has 54 heavy (non-hydrogen) atoms. The Morgan fingerprint density at radius 3 is 1.44 bits per heavy atom. The van der Waals surface area contributed by atoms with E-state index in [0.29, 0.717) is 63.0 Å². The number of carbonyl (C=O) groups excluding carboxylic acids is 3. The van der Waals surface area contributed by atoms with Crippen molar-refractivity contribution in [2.75, 3.05) is 51.9 Å². The second-order valence-corrected chi connectivity index (χ2v) is 16.7. The van der Waals surface area contributed by atoms with Crippen molar-refractivity contribution >= 4 is 77.3 Å². The number of ether oxygens (including phenoxy) is 2. The van der Waals surface area contributed by atoms with Crippen LogP contribution in [0.2, 0.25) is 0 Å². The minimum atomic E-state index is -3.74. The predicted octanol–water partition coefficient (Wildman–Crippen LogP) is 3.27. The molecule has 0 aliphatic heterocycles. The molecule has 0 radical (unpaired) electrons. The zero-order chi connectivity index (χ0) is 39.5. The summed E-state index contributed by atoms with van der Waals surface area (Å²) in [7, 11) is -1.82. The first-order valence-electron chi connectivity index (χ1n) is 17.0. The molecule has 0 spiro atoms. The molecular weight excluding hydrogens is 751 g/mol. The van der Waals surface area contributed by atoms with Gasteiger partial charge in [-0.1, -0.05) is 12.8 Å². The molecule has 3 N–H and O–H groups in total. The van der Waals surface area contributed by atoms with Crippen LogP contribution in [-0.2, 0) is 43.9 Å². The predicted molar refractivity (Wildman–Crippen MR) is 193 cm³/mol. The van der Waals surface area contributed by atoms with Crippen molar-refractivity contribution in [2.45, 2.75) is 74.0 Å². The van der Waals surface area contributed by atoms with Gasteiger partial charge >= 0.3 is 17.9 Å². The molecule has 0 atom stereocenters. The number of rotatable bonds is 21. The van der Waals surface area contributed by atoms with Crippen LogP contribution in [0, 0.1) is 5.41 Å². The Balaban J connectivity index is 1.04. The Morgan fingerprint density at radius 2 is 1.00 bits per heavy atom. The highest BCUT2D eigenvalue weighted by molar-refractivity contribution is 7.89. The Morgan fingerprint density at radius 1 is 0.593 bits per heavy atom. The highest BCUT2D eigenvalue weighted by Crippen LogP contribution is 2.29. The average molecular weight is 794 g/mol. The fraction of sp³-hybridized carbons (Fsp3) is 0.500. The molecule has 0 saturated heterocycles. The van der Waals surface area contributed by atoms with E-state index >= 15 is 0 Å². The SMILES string of the molecule is CN(C)S(=O)(=O)c1ccc(NCCCCCC(=O)OC(=N)CCC(=O)OC(=O)CCCCCNc2ccc(S(=O)(=O)N(C)C)c3nonc23)c2nonc12. The summed E-state index contributed by atoms with van der Waals surface area (Å²) in [5.74, 6) is -2.55. The van der Waals surface area contributed by atoms with Crippen LogP contribution in [0.5, 0.6) is 0 Å². The van der Waals surface area contributed by atoms with Crippen molar-refractivity contribution in [3.8, 4) is 0 Å². The Labute approximate surface area is 311 Å². The molecule has 294 valence electrons. The van der Waals surface area contributed by atoms with Gasteiger partial charge in [-0.2, -0.15) is 0 Å². The molecule has 0 aliphatic rings. The lowest BCUT2D eigenvalue weighted by atomic mass is 10.2. The molecule has 22 heteroatoms. The topological polar surface area (TPSA) is 270 Å². The number of fused-ring (bicyclic) bond motifs is 2. The lowest BCUT2D eigenvalue weighted by Crippen LogP contribution is -2.22. The number of benzene rings is 2. The number of hydrogen-bond acceptors (Lipinski definition) is 18. The minimum absolute atomic E-state index is 0.0113. The molecule has 2 heterocycles. The fourth-order valence-corrected chi connectivity index (χ4v) is 7.08. The molecule has 0 aliphatic carbocycles. The summed E-state index contributed by atoms with van der Waals surface area (Å²) in [4.78, 5) is 36.2. The molecule has 0 bridgehead atoms. The number of esters is 3. The maximum Gasteiger partial charge on any atom is 0.313 e. The lowest BCUT2D eigenvalue weighted by molar-refractivity contribution is -0.159. The van der Waals surface area contributed by atoms with Crippen molar-refractivity contribution in [3.05, 3.63) is 24.3 Å². The van der Waals surface area contributed by atoms with E-state index in [2.05, 4.69) is 31.3 Å². The molecule has 4 aromatic rings. The number of aromatic nitrogens is 4. The molecule has 0 unspecified atom stereocenters. The molecular formula is C32H43N9O11S2. The number of carbonyl (C=O) groups is 3. The van der Waals surface area contributed by atoms with Gasteiger partial charge in [0.2, 0.25) is 20.0 Å². The smallest absolute Gasteiger partial charge is 0.313 e. The van der Waals surface area contributed by atoms with Gasteiger partial charge in [0.1, 0.15) is 9.79 Å². The number of anilines is 2. The van der Waals surface area contributed by atoms with Gasteiger partial charge in [-0.25, -0.2) is 34.7 Å². The van der Waals surface area contributed by atoms with Crippen molar-refractivity contribution in [1.82, 2.24) is 29.2 Å². The molecule has 4 rings (SSSR count). The first-order valence-corrected chi connectivity index (χ1v) is 19.9. The van der Waals surface area contributed by atoms with Crippen LogP contribution < -0.4 is 10.6 Å². The van der Waals surface area contributed by atoms with Crippen LogP contribution in [0.1, 0.15) is 64.2 Å². The van der Waals surface area contributed by atoms with Gasteiger partial charge in [0.05, 0.1) is 17.8 Å². The summed E-state index contributed by atoms with van der Waals surface area (Å²) in [6.45, 7) is 0.990. The Kier molecular flexibility index (Phi) is 14.5. The number of unbranched alkanes of at least 4 members (excludes halogenated alkanes) is 4. The summed E-state index contributed by atoms with van der Waals surface area (Å²) in [6.07, 6.45) is 3.10. The maximum atomic E-state index is 12.5. The van der Waals surface area contributed by atoms with Gasteiger partial charge in [0.15, 0.2) is 28.0 Å². The monoisotopic (exact) mass is 793 g/mol. The highest BCUT2D eigenvalue weighted by Gasteiger charge is 2.26. The van der Waals surface area contributed by atoms with Crippen molar-refractivity contribution in [3.63, 3.8) is 0 Å². The second kappa shape index (κ2) is 18.8. The fourth-order valence-electron chi connectivity index (χ4n) is 5.06. The van der Waals surface area contributed by atoms with Gasteiger partial charge in [0, 0.05) is 60.5 Å². The van der Waals surface area contributed by atoms with E-state index in [9.17, 15) is 31.2 Å². The van der Waals surface area contributed by atoms with E-state index in [1.807, 2.05) is 0 Å². The van der Waals surface area contributed by atoms with Gasteiger partial charge < -0.3 is 20.1 Å². The van der Waals surface area contributed by atoms with Crippen LogP contribution in [0.4, 0.5) is 11.4 Å². The van der Waals surface area contributed by atoms with Crippen LogP contribution in [-0.4, -0.2) is 111 Å². The van der Waals surface area contributed by atoms with Crippen molar-refractivity contribution in [2.24, 2.45) is 0 Å². The van der Waals surface area contributed by atoms with Crippen LogP contribution >= 0.6 is 0 Å². The Bertz CT molecular complexity index is 2030. The number of nitrogens with one attached hydrogen (secondary N) is 3. The van der Waals surface area contributed by atoms with E-state index in [-0.39, 0.29) is 57.5 Å². The first-order chi connectivity index (χ1) is 25.6. The van der Waals surface area contributed by atoms with Crippen molar-refractivity contribution < 1.29 is 50.0 Å². The van der Waals surface area contributed by atoms with Crippen LogP contribution in [0.15, 0.2) is 43.3 Å². The normalized spacial score (nSPS) is 12.0. The quantitative estimate of drug-likeness (QED) is 0.0359.